The number of carbonyl (C=O) groups is 2. The van der Waals surface area contributed by atoms with E-state index in [4.69, 9.17) is 0 Å². The fraction of sp³-hybridized carbons (Fsp3) is 0.600. The van der Waals surface area contributed by atoms with Gasteiger partial charge in [-0.3, -0.25) is 0 Å². The summed E-state index contributed by atoms with van der Waals surface area (Å²) in [4.78, 5) is 26.2. The number of benzene rings is 1. The second-order valence-electron chi connectivity index (χ2n) is 7.03. The van der Waals surface area contributed by atoms with Crippen molar-refractivity contribution in [2.24, 2.45) is 0 Å². The van der Waals surface area contributed by atoms with Crippen molar-refractivity contribution in [1.82, 2.24) is 3.86 Å². The van der Waals surface area contributed by atoms with Gasteiger partial charge in [0.05, 0.1) is 0 Å². The molecule has 0 spiro atoms. The van der Waals surface area contributed by atoms with Crippen LogP contribution >= 0.6 is 0 Å². The molecule has 0 fully saturated rings. The van der Waals surface area contributed by atoms with Crippen molar-refractivity contribution >= 4 is 25.3 Å². The SMILES string of the molecule is CCC[CH2][Ge]([CH2]CCC)([CH2]CCC)[N]1C(=O)c2ccccc2C1=O. The van der Waals surface area contributed by atoms with Gasteiger partial charge < -0.3 is 0 Å². The minimum atomic E-state index is -2.75. The summed E-state index contributed by atoms with van der Waals surface area (Å²) in [6.07, 6.45) is 6.82. The molecule has 0 aliphatic carbocycles. The monoisotopic (exact) mass is 391 g/mol. The van der Waals surface area contributed by atoms with Crippen LogP contribution in [0.1, 0.15) is 80.0 Å². The van der Waals surface area contributed by atoms with E-state index in [1.807, 2.05) is 28.1 Å². The van der Waals surface area contributed by atoms with Gasteiger partial charge in [0.25, 0.3) is 0 Å². The van der Waals surface area contributed by atoms with Gasteiger partial charge in [-0.05, 0) is 0 Å². The van der Waals surface area contributed by atoms with E-state index < -0.39 is 13.5 Å². The molecule has 0 atom stereocenters. The Labute approximate surface area is 149 Å². The maximum absolute atomic E-state index is 13.1. The molecule has 0 saturated heterocycles. The molecule has 4 heteroatoms. The maximum atomic E-state index is 13.1. The van der Waals surface area contributed by atoms with Crippen LogP contribution < -0.4 is 0 Å². The number of unbranched alkanes of at least 4 members (excludes halogenated alkanes) is 3. The van der Waals surface area contributed by atoms with Crippen molar-refractivity contribution in [3.05, 3.63) is 35.4 Å². The summed E-state index contributed by atoms with van der Waals surface area (Å²) in [6.45, 7) is 6.61. The number of hydrogen-bond donors (Lipinski definition) is 0. The Morgan fingerprint density at radius 1 is 0.750 bits per heavy atom. The number of carbonyl (C=O) groups excluding carboxylic acids is 2. The average Bonchev–Trinajstić information content (AvgIpc) is 2.87. The summed E-state index contributed by atoms with van der Waals surface area (Å²) in [5, 5.41) is 3.34. The number of amides is 2. The third kappa shape index (κ3) is 3.76. The Hall–Kier alpha value is -1.10. The first-order chi connectivity index (χ1) is 11.6. The van der Waals surface area contributed by atoms with Gasteiger partial charge in [-0.1, -0.05) is 0 Å². The third-order valence-corrected chi connectivity index (χ3v) is 16.2. The van der Waals surface area contributed by atoms with E-state index in [9.17, 15) is 9.59 Å². The van der Waals surface area contributed by atoms with Crippen molar-refractivity contribution in [2.45, 2.75) is 75.1 Å². The van der Waals surface area contributed by atoms with Gasteiger partial charge in [0.15, 0.2) is 0 Å². The topological polar surface area (TPSA) is 37.4 Å². The molecule has 1 aromatic rings. The molecule has 0 N–H and O–H groups in total. The first-order valence-electron chi connectivity index (χ1n) is 9.59. The van der Waals surface area contributed by atoms with Crippen molar-refractivity contribution < 1.29 is 9.59 Å². The van der Waals surface area contributed by atoms with Crippen LogP contribution in [0.5, 0.6) is 0 Å². The molecular weight excluding hydrogens is 359 g/mol. The molecule has 0 bridgehead atoms. The van der Waals surface area contributed by atoms with E-state index in [0.717, 1.165) is 54.3 Å². The molecule has 132 valence electrons. The molecular formula is C20H31GeNO2. The van der Waals surface area contributed by atoms with Gasteiger partial charge >= 0.3 is 149 Å². The van der Waals surface area contributed by atoms with Gasteiger partial charge in [0, 0.05) is 0 Å². The predicted octanol–water partition coefficient (Wildman–Crippen LogP) is 5.63. The van der Waals surface area contributed by atoms with Crippen LogP contribution in [0.15, 0.2) is 24.3 Å². The minimum absolute atomic E-state index is 0.00101. The molecule has 1 aromatic carbocycles. The van der Waals surface area contributed by atoms with Crippen LogP contribution in [-0.2, 0) is 0 Å². The number of hydrogen-bond acceptors (Lipinski definition) is 2. The fourth-order valence-corrected chi connectivity index (χ4v) is 15.5. The second-order valence-corrected chi connectivity index (χ2v) is 16.2. The van der Waals surface area contributed by atoms with Crippen molar-refractivity contribution in [3.63, 3.8) is 0 Å². The molecule has 0 saturated carbocycles. The fourth-order valence-electron chi connectivity index (χ4n) is 3.85. The van der Waals surface area contributed by atoms with Crippen LogP contribution in [0.2, 0.25) is 15.8 Å². The summed E-state index contributed by atoms with van der Waals surface area (Å²) >= 11 is -2.75. The first kappa shape index (κ1) is 19.2. The van der Waals surface area contributed by atoms with Crippen LogP contribution in [0.4, 0.5) is 0 Å². The van der Waals surface area contributed by atoms with E-state index in [1.54, 1.807) is 0 Å². The van der Waals surface area contributed by atoms with E-state index >= 15 is 0 Å². The number of fused-ring (bicyclic) bond motifs is 1. The number of imide groups is 1. The average molecular weight is 390 g/mol. The van der Waals surface area contributed by atoms with E-state index in [2.05, 4.69) is 20.8 Å². The van der Waals surface area contributed by atoms with Crippen LogP contribution in [0.3, 0.4) is 0 Å². The summed E-state index contributed by atoms with van der Waals surface area (Å²) < 4.78 is 1.83. The molecule has 2 amide bonds. The van der Waals surface area contributed by atoms with Gasteiger partial charge in [0.1, 0.15) is 0 Å². The van der Waals surface area contributed by atoms with Crippen LogP contribution in [0, 0.1) is 0 Å². The molecule has 0 aromatic heterocycles. The van der Waals surface area contributed by atoms with Gasteiger partial charge in [-0.25, -0.2) is 0 Å². The van der Waals surface area contributed by atoms with Gasteiger partial charge in [-0.2, -0.15) is 0 Å². The summed E-state index contributed by atoms with van der Waals surface area (Å²) in [7, 11) is 0. The van der Waals surface area contributed by atoms with Gasteiger partial charge in [0.2, 0.25) is 0 Å². The zero-order valence-corrected chi connectivity index (χ0v) is 17.5. The standard InChI is InChI=1S/C20H31GeNO2/c1-4-7-14-21(15-8-5-2,16-9-6-3)22-19(23)17-12-10-11-13-18(17)20(22)24/h10-13H,4-9,14-16H2,1-3H3. The van der Waals surface area contributed by atoms with Crippen molar-refractivity contribution in [3.8, 4) is 0 Å². The summed E-state index contributed by atoms with van der Waals surface area (Å²) in [5.74, 6) is -0.00202. The molecule has 1 aliphatic heterocycles. The molecule has 2 rings (SSSR count). The van der Waals surface area contributed by atoms with E-state index in [1.165, 1.54) is 0 Å². The first-order valence-corrected chi connectivity index (χ1v) is 15.0. The Kier molecular flexibility index (Phi) is 7.08. The van der Waals surface area contributed by atoms with E-state index in [0.29, 0.717) is 11.1 Å². The quantitative estimate of drug-likeness (QED) is 0.384. The number of nitrogens with zero attached hydrogens (tertiary/aromatic N) is 1. The Balaban J connectivity index is 2.41. The zero-order valence-electron chi connectivity index (χ0n) is 15.4. The van der Waals surface area contributed by atoms with Gasteiger partial charge in [-0.15, -0.1) is 0 Å². The Morgan fingerprint density at radius 3 is 1.46 bits per heavy atom. The molecule has 1 aliphatic rings. The molecule has 1 heterocycles. The third-order valence-electron chi connectivity index (χ3n) is 5.26. The normalized spacial score (nSPS) is 14.4. The molecule has 0 unspecified atom stereocenters. The van der Waals surface area contributed by atoms with E-state index in [-0.39, 0.29) is 11.8 Å². The zero-order chi connectivity index (χ0) is 17.6. The summed E-state index contributed by atoms with van der Waals surface area (Å²) in [6, 6.07) is 7.38. The predicted molar refractivity (Wildman–Crippen MR) is 102 cm³/mol. The van der Waals surface area contributed by atoms with Crippen LogP contribution in [-0.4, -0.2) is 29.2 Å². The summed E-state index contributed by atoms with van der Waals surface area (Å²) in [5.41, 5.74) is 1.25. The second kappa shape index (κ2) is 8.84. The molecule has 0 radical (unpaired) electrons. The van der Waals surface area contributed by atoms with Crippen LogP contribution in [0.25, 0.3) is 0 Å². The molecule has 24 heavy (non-hydrogen) atoms. The van der Waals surface area contributed by atoms with Crippen molar-refractivity contribution in [1.29, 1.82) is 0 Å². The van der Waals surface area contributed by atoms with Crippen molar-refractivity contribution in [2.75, 3.05) is 0 Å². The number of rotatable bonds is 10. The molecule has 3 nitrogen and oxygen atoms in total. The Bertz CT molecular complexity index is 528. The Morgan fingerprint density at radius 2 is 1.12 bits per heavy atom.